The largest absolute Gasteiger partial charge is 0.486 e. The van der Waals surface area contributed by atoms with Crippen LogP contribution in [0.25, 0.3) is 11.1 Å². The standard InChI is InChI=1S/C27H28O8.C2H6/c1-6-25(28)33-15-13-32-24-17-21(9-12-23(24)31-14-16-34-26(29)18(2)3)20-7-10-22(11-8-20)35-27(30)19(4)5;1-2/h6-12,17H,1-2,4,13-16H2,3,5H3;1-2H3. The molecule has 0 unspecified atom stereocenters. The first-order valence-electron chi connectivity index (χ1n) is 11.7. The first-order valence-corrected chi connectivity index (χ1v) is 11.7. The summed E-state index contributed by atoms with van der Waals surface area (Å²) in [7, 11) is 0. The second kappa shape index (κ2) is 16.4. The zero-order valence-electron chi connectivity index (χ0n) is 21.8. The fraction of sp³-hybridized carbons (Fsp3) is 0.276. The summed E-state index contributed by atoms with van der Waals surface area (Å²) < 4.78 is 26.7. The quantitative estimate of drug-likeness (QED) is 0.152. The molecule has 0 aliphatic carbocycles. The minimum absolute atomic E-state index is 0.0214. The summed E-state index contributed by atoms with van der Waals surface area (Å²) in [5.74, 6) is -0.330. The molecule has 0 fully saturated rings. The van der Waals surface area contributed by atoms with Gasteiger partial charge < -0.3 is 23.7 Å². The molecule has 8 heteroatoms. The zero-order chi connectivity index (χ0) is 27.8. The molecule has 0 saturated heterocycles. The van der Waals surface area contributed by atoms with Crippen LogP contribution >= 0.6 is 0 Å². The number of ether oxygens (including phenoxy) is 5. The molecule has 0 aliphatic heterocycles. The minimum atomic E-state index is -0.550. The van der Waals surface area contributed by atoms with Crippen molar-refractivity contribution in [3.05, 3.63) is 79.4 Å². The number of hydrogen-bond acceptors (Lipinski definition) is 8. The van der Waals surface area contributed by atoms with E-state index < -0.39 is 17.9 Å². The van der Waals surface area contributed by atoms with Crippen LogP contribution in [0.3, 0.4) is 0 Å². The van der Waals surface area contributed by atoms with E-state index in [0.29, 0.717) is 28.4 Å². The fourth-order valence-corrected chi connectivity index (χ4v) is 2.59. The summed E-state index contributed by atoms with van der Waals surface area (Å²) in [5.41, 5.74) is 2.25. The average molecular weight is 511 g/mol. The Kier molecular flexibility index (Phi) is 13.6. The first-order chi connectivity index (χ1) is 17.7. The molecular weight excluding hydrogens is 476 g/mol. The number of carbonyl (C=O) groups is 3. The summed E-state index contributed by atoms with van der Waals surface area (Å²) in [4.78, 5) is 34.4. The lowest BCUT2D eigenvalue weighted by atomic mass is 10.0. The van der Waals surface area contributed by atoms with E-state index in [4.69, 9.17) is 23.7 Å². The van der Waals surface area contributed by atoms with Gasteiger partial charge in [0.15, 0.2) is 11.5 Å². The Hall–Kier alpha value is -4.33. The van der Waals surface area contributed by atoms with Gasteiger partial charge in [0.2, 0.25) is 0 Å². The Labute approximate surface area is 218 Å². The Balaban J connectivity index is 0.00000334. The van der Waals surface area contributed by atoms with Crippen LogP contribution in [0, 0.1) is 0 Å². The van der Waals surface area contributed by atoms with Crippen molar-refractivity contribution in [2.24, 2.45) is 0 Å². The molecule has 0 amide bonds. The summed E-state index contributed by atoms with van der Waals surface area (Å²) >= 11 is 0. The Bertz CT molecular complexity index is 1100. The van der Waals surface area contributed by atoms with Crippen LogP contribution in [-0.2, 0) is 23.9 Å². The fourth-order valence-electron chi connectivity index (χ4n) is 2.59. The van der Waals surface area contributed by atoms with Gasteiger partial charge in [0.25, 0.3) is 0 Å². The third kappa shape index (κ3) is 10.9. The SMILES string of the molecule is C=CC(=O)OCCOc1cc(-c2ccc(OC(=O)C(=C)C)cc2)ccc1OCCOC(=O)C(=C)C.CC. The van der Waals surface area contributed by atoms with Gasteiger partial charge in [-0.25, -0.2) is 14.4 Å². The normalized spacial score (nSPS) is 9.62. The highest BCUT2D eigenvalue weighted by Crippen LogP contribution is 2.33. The van der Waals surface area contributed by atoms with Crippen molar-refractivity contribution in [1.82, 2.24) is 0 Å². The Morgan fingerprint density at radius 3 is 1.84 bits per heavy atom. The lowest BCUT2D eigenvalue weighted by Gasteiger charge is -2.15. The molecule has 2 aromatic carbocycles. The number of rotatable bonds is 13. The number of carbonyl (C=O) groups excluding carboxylic acids is 3. The van der Waals surface area contributed by atoms with E-state index in [-0.39, 0.29) is 26.4 Å². The van der Waals surface area contributed by atoms with Crippen molar-refractivity contribution in [2.45, 2.75) is 27.7 Å². The van der Waals surface area contributed by atoms with Gasteiger partial charge in [-0.3, -0.25) is 0 Å². The third-order valence-electron chi connectivity index (χ3n) is 4.36. The van der Waals surface area contributed by atoms with Crippen LogP contribution in [0.5, 0.6) is 17.2 Å². The molecule has 0 bridgehead atoms. The van der Waals surface area contributed by atoms with Gasteiger partial charge in [0, 0.05) is 17.2 Å². The van der Waals surface area contributed by atoms with E-state index in [9.17, 15) is 14.4 Å². The van der Waals surface area contributed by atoms with Crippen molar-refractivity contribution in [3.8, 4) is 28.4 Å². The van der Waals surface area contributed by atoms with E-state index in [0.717, 1.165) is 17.2 Å². The zero-order valence-corrected chi connectivity index (χ0v) is 21.8. The maximum atomic E-state index is 11.7. The lowest BCUT2D eigenvalue weighted by molar-refractivity contribution is -0.140. The highest BCUT2D eigenvalue weighted by molar-refractivity contribution is 5.89. The molecule has 2 rings (SSSR count). The predicted molar refractivity (Wildman–Crippen MR) is 142 cm³/mol. The van der Waals surface area contributed by atoms with Gasteiger partial charge in [-0.1, -0.05) is 51.8 Å². The van der Waals surface area contributed by atoms with Gasteiger partial charge >= 0.3 is 17.9 Å². The minimum Gasteiger partial charge on any atom is -0.486 e. The average Bonchev–Trinajstić information content (AvgIpc) is 2.90. The summed E-state index contributed by atoms with van der Waals surface area (Å²) in [5, 5.41) is 0. The smallest absolute Gasteiger partial charge is 0.338 e. The second-order valence-electron chi connectivity index (χ2n) is 7.34. The van der Waals surface area contributed by atoms with Crippen molar-refractivity contribution in [2.75, 3.05) is 26.4 Å². The topological polar surface area (TPSA) is 97.4 Å². The summed E-state index contributed by atoms with van der Waals surface area (Å²) in [6.07, 6.45) is 1.07. The van der Waals surface area contributed by atoms with Crippen molar-refractivity contribution in [1.29, 1.82) is 0 Å². The number of esters is 3. The molecular formula is C29H34O8. The van der Waals surface area contributed by atoms with Crippen LogP contribution in [0.4, 0.5) is 0 Å². The molecule has 0 heterocycles. The maximum absolute atomic E-state index is 11.7. The van der Waals surface area contributed by atoms with Crippen LogP contribution in [0.2, 0.25) is 0 Å². The van der Waals surface area contributed by atoms with E-state index in [2.05, 4.69) is 19.7 Å². The van der Waals surface area contributed by atoms with Crippen LogP contribution in [-0.4, -0.2) is 44.3 Å². The molecule has 0 spiro atoms. The summed E-state index contributed by atoms with van der Waals surface area (Å²) in [6, 6.07) is 12.2. The Morgan fingerprint density at radius 2 is 1.27 bits per heavy atom. The molecule has 0 atom stereocenters. The predicted octanol–water partition coefficient (Wildman–Crippen LogP) is 5.47. The van der Waals surface area contributed by atoms with Crippen LogP contribution < -0.4 is 14.2 Å². The molecule has 0 aromatic heterocycles. The van der Waals surface area contributed by atoms with Gasteiger partial charge in [-0.05, 0) is 49.2 Å². The molecule has 0 aliphatic rings. The lowest BCUT2D eigenvalue weighted by Crippen LogP contribution is -2.14. The van der Waals surface area contributed by atoms with Crippen molar-refractivity contribution in [3.63, 3.8) is 0 Å². The highest BCUT2D eigenvalue weighted by atomic mass is 16.6. The van der Waals surface area contributed by atoms with Crippen LogP contribution in [0.15, 0.2) is 79.4 Å². The first kappa shape index (κ1) is 30.7. The Morgan fingerprint density at radius 1 is 0.730 bits per heavy atom. The van der Waals surface area contributed by atoms with E-state index in [1.54, 1.807) is 50.2 Å². The monoisotopic (exact) mass is 510 g/mol. The van der Waals surface area contributed by atoms with E-state index >= 15 is 0 Å². The van der Waals surface area contributed by atoms with Crippen molar-refractivity contribution >= 4 is 17.9 Å². The molecule has 2 aromatic rings. The van der Waals surface area contributed by atoms with Gasteiger partial charge in [-0.2, -0.15) is 0 Å². The van der Waals surface area contributed by atoms with E-state index in [1.165, 1.54) is 0 Å². The maximum Gasteiger partial charge on any atom is 0.338 e. The highest BCUT2D eigenvalue weighted by Gasteiger charge is 2.11. The molecule has 0 radical (unpaired) electrons. The van der Waals surface area contributed by atoms with Crippen LogP contribution in [0.1, 0.15) is 27.7 Å². The number of hydrogen-bond donors (Lipinski definition) is 0. The molecule has 0 N–H and O–H groups in total. The summed E-state index contributed by atoms with van der Waals surface area (Å²) in [6.45, 7) is 17.8. The molecule has 198 valence electrons. The van der Waals surface area contributed by atoms with Gasteiger partial charge in [-0.15, -0.1) is 0 Å². The molecule has 8 nitrogen and oxygen atoms in total. The molecule has 37 heavy (non-hydrogen) atoms. The van der Waals surface area contributed by atoms with Gasteiger partial charge in [0.1, 0.15) is 32.2 Å². The van der Waals surface area contributed by atoms with E-state index in [1.807, 2.05) is 19.9 Å². The molecule has 0 saturated carbocycles. The number of benzene rings is 2. The van der Waals surface area contributed by atoms with Gasteiger partial charge in [0.05, 0.1) is 0 Å². The second-order valence-corrected chi connectivity index (χ2v) is 7.34. The third-order valence-corrected chi connectivity index (χ3v) is 4.36. The van der Waals surface area contributed by atoms with Crippen molar-refractivity contribution < 1.29 is 38.1 Å².